The molecule has 0 aliphatic heterocycles. The number of allylic oxidation sites excluding steroid dienone is 1. The van der Waals surface area contributed by atoms with Gasteiger partial charge in [-0.15, -0.1) is 16.8 Å². The molecule has 0 saturated heterocycles. The van der Waals surface area contributed by atoms with Gasteiger partial charge in [0.15, 0.2) is 11.0 Å². The standard InChI is InChI=1S/C20H17BrF3N3OS/c1-2-9-27-18(12-28-17-8-4-6-15(11-17)20(22,23)24)25-26-19(27)29-13-14-5-3-7-16(21)10-14/h2-8,10-11H,1,9,12-13H2. The highest BCUT2D eigenvalue weighted by atomic mass is 79.9. The molecule has 0 saturated carbocycles. The van der Waals surface area contributed by atoms with Crippen LogP contribution in [0.15, 0.2) is 70.8 Å². The SMILES string of the molecule is C=CCn1c(COc2cccc(C(F)(F)F)c2)nnc1SCc1cccc(Br)c1. The first-order valence-electron chi connectivity index (χ1n) is 8.57. The first-order valence-corrected chi connectivity index (χ1v) is 10.3. The van der Waals surface area contributed by atoms with Crippen LogP contribution in [0.1, 0.15) is 17.0 Å². The third kappa shape index (κ3) is 5.86. The molecule has 9 heteroatoms. The first-order chi connectivity index (χ1) is 13.9. The van der Waals surface area contributed by atoms with E-state index in [0.717, 1.165) is 22.2 Å². The van der Waals surface area contributed by atoms with Crippen molar-refractivity contribution in [1.29, 1.82) is 0 Å². The Kier molecular flexibility index (Phi) is 7.02. The third-order valence-electron chi connectivity index (χ3n) is 3.89. The summed E-state index contributed by atoms with van der Waals surface area (Å²) < 4.78 is 46.9. The maximum atomic E-state index is 12.8. The van der Waals surface area contributed by atoms with Gasteiger partial charge in [0.05, 0.1) is 5.56 Å². The van der Waals surface area contributed by atoms with Crippen LogP contribution >= 0.6 is 27.7 Å². The van der Waals surface area contributed by atoms with E-state index < -0.39 is 11.7 Å². The minimum Gasteiger partial charge on any atom is -0.486 e. The number of hydrogen-bond donors (Lipinski definition) is 0. The molecule has 0 spiro atoms. The Morgan fingerprint density at radius 3 is 2.66 bits per heavy atom. The molecular formula is C20H17BrF3N3OS. The molecule has 0 amide bonds. The molecule has 1 aromatic heterocycles. The second-order valence-electron chi connectivity index (χ2n) is 6.03. The van der Waals surface area contributed by atoms with E-state index in [2.05, 4.69) is 32.7 Å². The predicted molar refractivity (Wildman–Crippen MR) is 110 cm³/mol. The van der Waals surface area contributed by atoms with Crippen molar-refractivity contribution in [2.45, 2.75) is 30.2 Å². The number of ether oxygens (including phenoxy) is 1. The number of benzene rings is 2. The van der Waals surface area contributed by atoms with Gasteiger partial charge in [-0.1, -0.05) is 52.0 Å². The summed E-state index contributed by atoms with van der Waals surface area (Å²) in [4.78, 5) is 0. The van der Waals surface area contributed by atoms with Gasteiger partial charge in [0.2, 0.25) is 0 Å². The molecule has 29 heavy (non-hydrogen) atoms. The van der Waals surface area contributed by atoms with E-state index in [-0.39, 0.29) is 12.4 Å². The third-order valence-corrected chi connectivity index (χ3v) is 5.42. The fourth-order valence-electron chi connectivity index (χ4n) is 2.53. The number of alkyl halides is 3. The maximum absolute atomic E-state index is 12.8. The second-order valence-corrected chi connectivity index (χ2v) is 7.89. The molecule has 0 N–H and O–H groups in total. The average Bonchev–Trinajstić information content (AvgIpc) is 3.06. The highest BCUT2D eigenvalue weighted by molar-refractivity contribution is 9.10. The molecular weight excluding hydrogens is 467 g/mol. The highest BCUT2D eigenvalue weighted by Crippen LogP contribution is 2.31. The summed E-state index contributed by atoms with van der Waals surface area (Å²) in [5, 5.41) is 9.02. The zero-order valence-electron chi connectivity index (χ0n) is 15.2. The number of thioether (sulfide) groups is 1. The van der Waals surface area contributed by atoms with Gasteiger partial charge in [-0.25, -0.2) is 0 Å². The van der Waals surface area contributed by atoms with Crippen molar-refractivity contribution in [2.24, 2.45) is 0 Å². The number of nitrogens with zero attached hydrogens (tertiary/aromatic N) is 3. The molecule has 0 atom stereocenters. The van der Waals surface area contributed by atoms with Crippen LogP contribution in [-0.2, 0) is 25.1 Å². The van der Waals surface area contributed by atoms with Gasteiger partial charge < -0.3 is 4.74 Å². The Bertz CT molecular complexity index is 991. The lowest BCUT2D eigenvalue weighted by Crippen LogP contribution is -2.08. The summed E-state index contributed by atoms with van der Waals surface area (Å²) >= 11 is 4.96. The fourth-order valence-corrected chi connectivity index (χ4v) is 3.89. The molecule has 0 aliphatic carbocycles. The predicted octanol–water partition coefficient (Wildman–Crippen LogP) is 6.12. The van der Waals surface area contributed by atoms with Crippen molar-refractivity contribution in [3.63, 3.8) is 0 Å². The van der Waals surface area contributed by atoms with Crippen LogP contribution in [0.4, 0.5) is 13.2 Å². The van der Waals surface area contributed by atoms with Crippen molar-refractivity contribution >= 4 is 27.7 Å². The van der Waals surface area contributed by atoms with E-state index in [1.54, 1.807) is 6.08 Å². The van der Waals surface area contributed by atoms with Gasteiger partial charge >= 0.3 is 6.18 Å². The van der Waals surface area contributed by atoms with Crippen molar-refractivity contribution < 1.29 is 17.9 Å². The Balaban J connectivity index is 1.70. The lowest BCUT2D eigenvalue weighted by molar-refractivity contribution is -0.137. The van der Waals surface area contributed by atoms with Gasteiger partial charge in [0.1, 0.15) is 12.4 Å². The summed E-state index contributed by atoms with van der Waals surface area (Å²) in [7, 11) is 0. The van der Waals surface area contributed by atoms with Crippen molar-refractivity contribution in [3.05, 3.63) is 82.6 Å². The fraction of sp³-hybridized carbons (Fsp3) is 0.200. The Morgan fingerprint density at radius 1 is 1.14 bits per heavy atom. The van der Waals surface area contributed by atoms with E-state index in [0.29, 0.717) is 23.3 Å². The average molecular weight is 484 g/mol. The van der Waals surface area contributed by atoms with Crippen LogP contribution in [0.25, 0.3) is 0 Å². The number of rotatable bonds is 8. The van der Waals surface area contributed by atoms with Crippen LogP contribution in [0.2, 0.25) is 0 Å². The number of halogens is 4. The molecule has 2 aromatic carbocycles. The number of aromatic nitrogens is 3. The summed E-state index contributed by atoms with van der Waals surface area (Å²) in [5.74, 6) is 1.33. The Labute approximate surface area is 178 Å². The largest absolute Gasteiger partial charge is 0.486 e. The van der Waals surface area contributed by atoms with Crippen LogP contribution < -0.4 is 4.74 Å². The van der Waals surface area contributed by atoms with Crippen LogP contribution in [0, 0.1) is 0 Å². The van der Waals surface area contributed by atoms with E-state index >= 15 is 0 Å². The smallest absolute Gasteiger partial charge is 0.416 e. The minimum absolute atomic E-state index is 0.000401. The summed E-state index contributed by atoms with van der Waals surface area (Å²) in [6.45, 7) is 4.21. The van der Waals surface area contributed by atoms with Crippen molar-refractivity contribution in [3.8, 4) is 5.75 Å². The van der Waals surface area contributed by atoms with E-state index in [4.69, 9.17) is 4.74 Å². The van der Waals surface area contributed by atoms with Gasteiger partial charge in [0, 0.05) is 16.8 Å². The molecule has 0 bridgehead atoms. The maximum Gasteiger partial charge on any atom is 0.416 e. The Hall–Kier alpha value is -2.26. The van der Waals surface area contributed by atoms with Gasteiger partial charge in [0.25, 0.3) is 0 Å². The van der Waals surface area contributed by atoms with Crippen LogP contribution in [-0.4, -0.2) is 14.8 Å². The zero-order chi connectivity index (χ0) is 20.9. The molecule has 1 heterocycles. The highest BCUT2D eigenvalue weighted by Gasteiger charge is 2.30. The molecule has 0 radical (unpaired) electrons. The lowest BCUT2D eigenvalue weighted by atomic mass is 10.2. The topological polar surface area (TPSA) is 39.9 Å². The summed E-state index contributed by atoms with van der Waals surface area (Å²) in [5.41, 5.74) is 0.368. The Morgan fingerprint density at radius 2 is 1.93 bits per heavy atom. The van der Waals surface area contributed by atoms with Crippen LogP contribution in [0.5, 0.6) is 5.75 Å². The summed E-state index contributed by atoms with van der Waals surface area (Å²) in [6, 6.07) is 12.7. The molecule has 152 valence electrons. The van der Waals surface area contributed by atoms with E-state index in [1.165, 1.54) is 23.9 Å². The molecule has 4 nitrogen and oxygen atoms in total. The zero-order valence-corrected chi connectivity index (χ0v) is 17.6. The van der Waals surface area contributed by atoms with Crippen molar-refractivity contribution in [2.75, 3.05) is 0 Å². The second kappa shape index (κ2) is 9.49. The lowest BCUT2D eigenvalue weighted by Gasteiger charge is -2.11. The van der Waals surface area contributed by atoms with Crippen molar-refractivity contribution in [1.82, 2.24) is 14.8 Å². The molecule has 3 rings (SSSR count). The molecule has 3 aromatic rings. The quantitative estimate of drug-likeness (QED) is 0.286. The minimum atomic E-state index is -4.42. The molecule has 0 unspecified atom stereocenters. The molecule has 0 fully saturated rings. The van der Waals surface area contributed by atoms with Gasteiger partial charge in [-0.05, 0) is 35.9 Å². The first kappa shape index (κ1) is 21.4. The van der Waals surface area contributed by atoms with Gasteiger partial charge in [-0.3, -0.25) is 4.57 Å². The monoisotopic (exact) mass is 483 g/mol. The summed E-state index contributed by atoms with van der Waals surface area (Å²) in [6.07, 6.45) is -2.71. The molecule has 0 aliphatic rings. The van der Waals surface area contributed by atoms with E-state index in [1.807, 2.05) is 28.8 Å². The van der Waals surface area contributed by atoms with E-state index in [9.17, 15) is 13.2 Å². The normalized spacial score (nSPS) is 11.4. The number of hydrogen-bond acceptors (Lipinski definition) is 4. The van der Waals surface area contributed by atoms with Gasteiger partial charge in [-0.2, -0.15) is 13.2 Å². The van der Waals surface area contributed by atoms with Crippen LogP contribution in [0.3, 0.4) is 0 Å².